The summed E-state index contributed by atoms with van der Waals surface area (Å²) < 4.78 is 57.5. The number of imidazole rings is 3. The molecular weight excluding hydrogens is 1860 g/mol. The highest BCUT2D eigenvalue weighted by Gasteiger charge is 2.49. The summed E-state index contributed by atoms with van der Waals surface area (Å²) in [4.78, 5) is 159. The SMILES string of the molecule is C=CC(=O)N1CC2C(=O)N(C)c3c(c4cc(Cl)c(-c5c(C)ccc6[nH]cnc56)c(F)c4n(-c4c(C)ccnc4C(C)C)c3=O)N2CC1C.C=CC(=O)N1CC2C(=O)Nc3c(c4cc(Cl)c(-c5c(C)ccc6[nH]cnc56)c(F)c4n(-c4c(C)ccnc4C(C)C)c3=O)N2CC1C.C=CC(=O)N1CC2CCc3c(c4cc(Cl)c(-c5c(C)ccc6[nH]cnc56)c(F)c4n(-c4c(C)ccnc4C(C)C)c3=O)N2CC1C. The van der Waals surface area contributed by atoms with Crippen molar-refractivity contribution in [3.63, 3.8) is 0 Å². The molecule has 0 saturated carbocycles. The van der Waals surface area contributed by atoms with Crippen LogP contribution in [0.4, 0.5) is 41.6 Å². The fraction of sp³-hybridized carbons (Fsp3) is 0.308. The van der Waals surface area contributed by atoms with Crippen molar-refractivity contribution in [2.24, 2.45) is 0 Å². The molecule has 3 fully saturated rings. The van der Waals surface area contributed by atoms with Gasteiger partial charge in [-0.25, -0.2) is 28.1 Å². The van der Waals surface area contributed by atoms with Gasteiger partial charge in [0.15, 0.2) is 17.5 Å². The van der Waals surface area contributed by atoms with E-state index in [2.05, 4.69) is 74.8 Å². The number of aromatic nitrogens is 12. The first-order chi connectivity index (χ1) is 67.3. The van der Waals surface area contributed by atoms with Gasteiger partial charge in [-0.1, -0.05) is 114 Å². The largest absolute Gasteiger partial charge is 0.364 e. The quantitative estimate of drug-likeness (QED) is 0.0826. The lowest BCUT2D eigenvalue weighted by atomic mass is 9.89. The van der Waals surface area contributed by atoms with Crippen molar-refractivity contribution in [3.05, 3.63) is 268 Å². The number of fused-ring (bicyclic) bond motifs is 18. The number of likely N-dealkylation sites (N-methyl/N-ethyl adjacent to an activating group) is 1. The van der Waals surface area contributed by atoms with Crippen LogP contribution in [0.2, 0.25) is 15.1 Å². The van der Waals surface area contributed by atoms with Crippen LogP contribution in [0.1, 0.15) is 143 Å². The van der Waals surface area contributed by atoms with E-state index in [0.29, 0.717) is 154 Å². The Hall–Kier alpha value is -14.6. The molecule has 15 aromatic rings. The summed E-state index contributed by atoms with van der Waals surface area (Å²) in [5.74, 6) is -3.75. The molecule has 6 aliphatic rings. The number of H-pyrrole nitrogens is 3. The average Bonchev–Trinajstić information content (AvgIpc) is 1.27. The molecule has 6 unspecified atom stereocenters. The topological polar surface area (TPSA) is 311 Å². The number of carbonyl (C=O) groups is 5. The minimum absolute atomic E-state index is 0.00485. The van der Waals surface area contributed by atoms with E-state index in [9.17, 15) is 33.6 Å². The highest BCUT2D eigenvalue weighted by atomic mass is 35.5. The summed E-state index contributed by atoms with van der Waals surface area (Å²) in [5, 5.41) is 4.58. The summed E-state index contributed by atoms with van der Waals surface area (Å²) in [6.07, 6.45) is 14.7. The van der Waals surface area contributed by atoms with Crippen molar-refractivity contribution in [3.8, 4) is 50.4 Å². The molecule has 722 valence electrons. The molecular formula is C107H104Cl3F3N20O8. The van der Waals surface area contributed by atoms with Crippen LogP contribution in [0.25, 0.3) is 116 Å². The van der Waals surface area contributed by atoms with E-state index in [4.69, 9.17) is 34.8 Å². The van der Waals surface area contributed by atoms with Crippen LogP contribution in [-0.2, 0) is 30.4 Å². The van der Waals surface area contributed by atoms with Gasteiger partial charge in [-0.3, -0.25) is 67.0 Å². The second kappa shape index (κ2) is 36.3. The number of hydrogen-bond acceptors (Lipinski definition) is 17. The molecule has 0 radical (unpaired) electrons. The van der Waals surface area contributed by atoms with Gasteiger partial charge in [-0.15, -0.1) is 0 Å². The van der Waals surface area contributed by atoms with Crippen LogP contribution in [-0.4, -0.2) is 185 Å². The first kappa shape index (κ1) is 95.4. The number of rotatable bonds is 12. The van der Waals surface area contributed by atoms with E-state index in [1.807, 2.05) is 162 Å². The van der Waals surface area contributed by atoms with E-state index >= 15 is 18.0 Å². The summed E-state index contributed by atoms with van der Waals surface area (Å²) in [6, 6.07) is 19.4. The molecule has 21 rings (SSSR count). The Morgan fingerprint density at radius 2 is 0.773 bits per heavy atom. The first-order valence-electron chi connectivity index (χ1n) is 47.0. The van der Waals surface area contributed by atoms with Crippen molar-refractivity contribution in [2.45, 2.75) is 171 Å². The molecule has 141 heavy (non-hydrogen) atoms. The van der Waals surface area contributed by atoms with Crippen LogP contribution in [0, 0.1) is 59.0 Å². The van der Waals surface area contributed by atoms with Crippen LogP contribution >= 0.6 is 34.8 Å². The third-order valence-electron chi connectivity index (χ3n) is 28.8. The standard InChI is InChI=1S/C36H35ClFN7O3.C36H36ClFN6O2.C35H33ClFN7O3/c1-8-25(46)43-15-24-35(47)42(7)34-33(44(24)14-20(43)6)21-13-22(37)27(26-18(4)9-10-23-30(26)41-16-40-23)28(38)32(21)45(36(34)48)31-19(5)11-12-39-29(31)17(2)3;1-7-27(45)42-16-22-9-10-23-34(43(22)15-21(42)6)24-14-25(37)29(28-19(4)8-11-26-32(28)41-17-40-26)30(38)35(24)44(36(23)46)33-20(5)12-13-39-31(33)18(2)3;1-7-24(45)42-14-23-34(46)41-30-33(43(23)13-19(42)6)20-12-21(36)26(25-17(4)8-9-22-29(25)40-15-39-22)27(37)32(20)44(35(30)47)31-18(5)10-11-38-28(31)16(2)3/h8-13,16-17,20,24H,1,14-15H2,2-7H3,(H,40,41);7-8,11-14,17-18,21-22H,1,9-10,15-16H2,2-6H3,(H,40,41);7-12,15-16,19,23H,1,13-14H2,2-6H3,(H,39,40)(H,41,46). The maximum Gasteiger partial charge on any atom is 0.281 e. The second-order valence-electron chi connectivity index (χ2n) is 38.4. The van der Waals surface area contributed by atoms with Gasteiger partial charge >= 0.3 is 0 Å². The van der Waals surface area contributed by atoms with Crippen molar-refractivity contribution in [1.82, 2.24) is 73.3 Å². The normalized spacial score (nSPS) is 17.8. The maximum absolute atomic E-state index is 17.8. The van der Waals surface area contributed by atoms with Crippen LogP contribution in [0.15, 0.2) is 163 Å². The van der Waals surface area contributed by atoms with Gasteiger partial charge in [0.25, 0.3) is 22.6 Å². The first-order valence-corrected chi connectivity index (χ1v) is 48.1. The number of benzene rings is 6. The van der Waals surface area contributed by atoms with Gasteiger partial charge < -0.3 is 54.6 Å². The van der Waals surface area contributed by atoms with E-state index in [1.54, 1.807) is 88.2 Å². The van der Waals surface area contributed by atoms with Gasteiger partial charge in [0.2, 0.25) is 23.6 Å². The molecule has 4 N–H and O–H groups in total. The summed E-state index contributed by atoms with van der Waals surface area (Å²) in [7, 11) is 1.54. The van der Waals surface area contributed by atoms with Crippen molar-refractivity contribution in [1.29, 1.82) is 0 Å². The van der Waals surface area contributed by atoms with Crippen LogP contribution in [0.3, 0.4) is 0 Å². The van der Waals surface area contributed by atoms with Gasteiger partial charge in [0.1, 0.15) is 23.5 Å². The average molecular weight is 1960 g/mol. The highest BCUT2D eigenvalue weighted by Crippen LogP contribution is 2.53. The van der Waals surface area contributed by atoms with Gasteiger partial charge in [0, 0.05) is 131 Å². The predicted molar refractivity (Wildman–Crippen MR) is 551 cm³/mol. The Morgan fingerprint density at radius 1 is 0.418 bits per heavy atom. The number of hydrogen-bond donors (Lipinski definition) is 4. The summed E-state index contributed by atoms with van der Waals surface area (Å²) in [5.41, 5.74) is 14.8. The van der Waals surface area contributed by atoms with E-state index in [-0.39, 0.29) is 157 Å². The number of anilines is 5. The third-order valence-corrected chi connectivity index (χ3v) is 29.6. The fourth-order valence-electron chi connectivity index (χ4n) is 22.0. The number of amides is 5. The Morgan fingerprint density at radius 3 is 1.17 bits per heavy atom. The predicted octanol–water partition coefficient (Wildman–Crippen LogP) is 19.0. The Labute approximate surface area is 824 Å². The number of nitrogens with one attached hydrogen (secondary N) is 4. The Kier molecular flexibility index (Phi) is 24.5. The number of piperazine rings is 3. The zero-order chi connectivity index (χ0) is 100. The number of aromatic amines is 3. The van der Waals surface area contributed by atoms with Gasteiger partial charge in [0.05, 0.1) is 148 Å². The van der Waals surface area contributed by atoms with Crippen LogP contribution in [0.5, 0.6) is 0 Å². The number of nitrogens with zero attached hydrogens (tertiary/aromatic N) is 16. The number of halogens is 6. The number of aryl methyl sites for hydroxylation is 6. The molecule has 6 atom stereocenters. The lowest BCUT2D eigenvalue weighted by Gasteiger charge is -2.50. The zero-order valence-corrected chi connectivity index (χ0v) is 83.1. The molecule has 3 saturated heterocycles. The fourth-order valence-corrected chi connectivity index (χ4v) is 22.8. The Balaban J connectivity index is 0.000000135. The second-order valence-corrected chi connectivity index (χ2v) is 39.6. The summed E-state index contributed by atoms with van der Waals surface area (Å²) in [6.45, 7) is 41.3. The Bertz CT molecular complexity index is 8160. The molecule has 9 aromatic heterocycles. The molecule has 6 aromatic carbocycles. The minimum Gasteiger partial charge on any atom is -0.364 e. The molecule has 0 aliphatic carbocycles. The molecule has 5 amide bonds. The van der Waals surface area contributed by atoms with Gasteiger partial charge in [-0.05, 0) is 199 Å². The molecule has 0 bridgehead atoms. The van der Waals surface area contributed by atoms with E-state index in [0.717, 1.165) is 27.8 Å². The zero-order valence-electron chi connectivity index (χ0n) is 80.8. The number of carbonyl (C=O) groups excluding carboxylic acids is 5. The van der Waals surface area contributed by atoms with Crippen LogP contribution < -0.4 is 41.6 Å². The number of pyridine rings is 6. The van der Waals surface area contributed by atoms with E-state index < -0.39 is 46.6 Å². The lowest BCUT2D eigenvalue weighted by Crippen LogP contribution is -2.66. The lowest BCUT2D eigenvalue weighted by molar-refractivity contribution is -0.132. The smallest absolute Gasteiger partial charge is 0.281 e. The van der Waals surface area contributed by atoms with Crippen molar-refractivity contribution < 1.29 is 37.1 Å². The van der Waals surface area contributed by atoms with Gasteiger partial charge in [-0.2, -0.15) is 0 Å². The maximum atomic E-state index is 17.8. The monoisotopic (exact) mass is 1960 g/mol. The summed E-state index contributed by atoms with van der Waals surface area (Å²) >= 11 is 21.2. The highest BCUT2D eigenvalue weighted by molar-refractivity contribution is 6.37. The minimum atomic E-state index is -0.825. The molecule has 0 spiro atoms. The molecule has 6 aliphatic heterocycles. The third kappa shape index (κ3) is 15.1. The molecule has 28 nitrogen and oxygen atoms in total. The van der Waals surface area contributed by atoms with Crippen molar-refractivity contribution in [2.75, 3.05) is 71.2 Å². The molecule has 15 heterocycles. The molecule has 34 heteroatoms. The van der Waals surface area contributed by atoms with Crippen molar-refractivity contribution >= 4 is 159 Å². The van der Waals surface area contributed by atoms with E-state index in [1.165, 1.54) is 32.3 Å².